The predicted octanol–water partition coefficient (Wildman–Crippen LogP) is 1.60. The number of nitrogens with one attached hydrogen (secondary N) is 2. The van der Waals surface area contributed by atoms with Gasteiger partial charge in [0.2, 0.25) is 5.91 Å². The lowest BCUT2D eigenvalue weighted by molar-refractivity contribution is -0.126. The van der Waals surface area contributed by atoms with E-state index in [2.05, 4.69) is 10.6 Å². The minimum absolute atomic E-state index is 0. The van der Waals surface area contributed by atoms with E-state index in [0.29, 0.717) is 24.8 Å². The number of halogens is 2. The lowest BCUT2D eigenvalue weighted by Crippen LogP contribution is -2.49. The number of hydrogen-bond donors (Lipinski definition) is 2. The van der Waals surface area contributed by atoms with Crippen LogP contribution < -0.4 is 15.4 Å². The molecule has 1 unspecified atom stereocenters. The third-order valence-electron chi connectivity index (χ3n) is 3.40. The van der Waals surface area contributed by atoms with Crippen molar-refractivity contribution in [2.24, 2.45) is 11.8 Å². The normalized spacial score (nSPS) is 15.7. The number of rotatable bonds is 6. The molecule has 0 saturated carbocycles. The summed E-state index contributed by atoms with van der Waals surface area (Å²) in [4.78, 5) is 11.8. The smallest absolute Gasteiger partial charge is 0.223 e. The minimum Gasteiger partial charge on any atom is -0.492 e. The molecule has 2 rings (SSSR count). The van der Waals surface area contributed by atoms with Crippen LogP contribution >= 0.6 is 12.4 Å². The van der Waals surface area contributed by atoms with Crippen LogP contribution in [-0.2, 0) is 4.79 Å². The second kappa shape index (κ2) is 8.07. The highest BCUT2D eigenvalue weighted by Crippen LogP contribution is 2.15. The van der Waals surface area contributed by atoms with Gasteiger partial charge >= 0.3 is 0 Å². The Morgan fingerprint density at radius 1 is 1.55 bits per heavy atom. The maximum absolute atomic E-state index is 12.9. The number of hydrogen-bond acceptors (Lipinski definition) is 3. The summed E-state index contributed by atoms with van der Waals surface area (Å²) in [6.07, 6.45) is 0. The summed E-state index contributed by atoms with van der Waals surface area (Å²) < 4.78 is 18.2. The molecule has 1 aromatic carbocycles. The molecular weight excluding hydrogens is 283 g/mol. The van der Waals surface area contributed by atoms with Crippen LogP contribution in [0.4, 0.5) is 4.39 Å². The SMILES string of the molecule is CC(C(=O)NCCOc1cccc(F)c1)C1CNC1.Cl. The highest BCUT2D eigenvalue weighted by Gasteiger charge is 2.28. The van der Waals surface area contributed by atoms with Gasteiger partial charge in [0, 0.05) is 12.0 Å². The first-order valence-corrected chi connectivity index (χ1v) is 6.53. The Hall–Kier alpha value is -1.33. The van der Waals surface area contributed by atoms with Crippen molar-refractivity contribution in [3.05, 3.63) is 30.1 Å². The van der Waals surface area contributed by atoms with Gasteiger partial charge in [-0.15, -0.1) is 12.4 Å². The van der Waals surface area contributed by atoms with Crippen molar-refractivity contribution in [1.29, 1.82) is 0 Å². The lowest BCUT2D eigenvalue weighted by Gasteiger charge is -2.31. The Morgan fingerprint density at radius 3 is 2.90 bits per heavy atom. The van der Waals surface area contributed by atoms with Crippen LogP contribution in [0.5, 0.6) is 5.75 Å². The van der Waals surface area contributed by atoms with Gasteiger partial charge in [-0.05, 0) is 31.1 Å². The molecule has 2 N–H and O–H groups in total. The summed E-state index contributed by atoms with van der Waals surface area (Å²) in [7, 11) is 0. The van der Waals surface area contributed by atoms with Gasteiger partial charge in [0.05, 0.1) is 6.54 Å². The molecule has 1 aromatic rings. The van der Waals surface area contributed by atoms with E-state index in [1.165, 1.54) is 12.1 Å². The molecule has 112 valence electrons. The fraction of sp³-hybridized carbons (Fsp3) is 0.500. The van der Waals surface area contributed by atoms with E-state index >= 15 is 0 Å². The number of ether oxygens (including phenoxy) is 1. The van der Waals surface area contributed by atoms with Gasteiger partial charge in [0.25, 0.3) is 0 Å². The Morgan fingerprint density at radius 2 is 2.30 bits per heavy atom. The van der Waals surface area contributed by atoms with Crippen molar-refractivity contribution in [1.82, 2.24) is 10.6 Å². The average molecular weight is 303 g/mol. The van der Waals surface area contributed by atoms with Crippen LogP contribution in [-0.4, -0.2) is 32.1 Å². The van der Waals surface area contributed by atoms with Crippen LogP contribution in [0.3, 0.4) is 0 Å². The Kier molecular flexibility index (Phi) is 6.75. The molecule has 0 radical (unpaired) electrons. The molecule has 6 heteroatoms. The summed E-state index contributed by atoms with van der Waals surface area (Å²) in [6.45, 7) is 4.53. The topological polar surface area (TPSA) is 50.4 Å². The summed E-state index contributed by atoms with van der Waals surface area (Å²) in [5.74, 6) is 0.659. The monoisotopic (exact) mass is 302 g/mol. The highest BCUT2D eigenvalue weighted by molar-refractivity contribution is 5.85. The first-order valence-electron chi connectivity index (χ1n) is 6.53. The van der Waals surface area contributed by atoms with Gasteiger partial charge in [-0.3, -0.25) is 4.79 Å². The van der Waals surface area contributed by atoms with Gasteiger partial charge in [-0.25, -0.2) is 4.39 Å². The lowest BCUT2D eigenvalue weighted by atomic mass is 9.88. The van der Waals surface area contributed by atoms with E-state index in [4.69, 9.17) is 4.74 Å². The molecule has 0 aliphatic carbocycles. The fourth-order valence-electron chi connectivity index (χ4n) is 1.94. The van der Waals surface area contributed by atoms with Crippen molar-refractivity contribution in [2.45, 2.75) is 6.92 Å². The molecule has 1 aliphatic heterocycles. The first kappa shape index (κ1) is 16.7. The molecule has 1 amide bonds. The molecule has 1 atom stereocenters. The number of carbonyl (C=O) groups excluding carboxylic acids is 1. The summed E-state index contributed by atoms with van der Waals surface area (Å²) in [6, 6.07) is 5.97. The van der Waals surface area contributed by atoms with E-state index in [9.17, 15) is 9.18 Å². The second-order valence-corrected chi connectivity index (χ2v) is 4.80. The van der Waals surface area contributed by atoms with Crippen LogP contribution in [0, 0.1) is 17.7 Å². The molecule has 1 heterocycles. The van der Waals surface area contributed by atoms with E-state index in [0.717, 1.165) is 13.1 Å². The second-order valence-electron chi connectivity index (χ2n) is 4.80. The molecule has 0 bridgehead atoms. The zero-order valence-corrected chi connectivity index (χ0v) is 12.2. The van der Waals surface area contributed by atoms with Crippen molar-refractivity contribution >= 4 is 18.3 Å². The maximum Gasteiger partial charge on any atom is 0.223 e. The standard InChI is InChI=1S/C14H19FN2O2.ClH/c1-10(11-8-16-9-11)14(18)17-5-6-19-13-4-2-3-12(15)7-13;/h2-4,7,10-11,16H,5-6,8-9H2,1H3,(H,17,18);1H. The van der Waals surface area contributed by atoms with E-state index in [1.54, 1.807) is 12.1 Å². The Bertz CT molecular complexity index is 441. The summed E-state index contributed by atoms with van der Waals surface area (Å²) >= 11 is 0. The molecule has 0 aromatic heterocycles. The number of carbonyl (C=O) groups is 1. The van der Waals surface area contributed by atoms with Crippen LogP contribution in [0.2, 0.25) is 0 Å². The molecular formula is C14H20ClFN2O2. The van der Waals surface area contributed by atoms with Gasteiger partial charge < -0.3 is 15.4 Å². The zero-order chi connectivity index (χ0) is 13.7. The molecule has 1 aliphatic rings. The predicted molar refractivity (Wildman–Crippen MR) is 77.7 cm³/mol. The molecule has 1 fully saturated rings. The van der Waals surface area contributed by atoms with Gasteiger partial charge in [0.1, 0.15) is 18.2 Å². The third kappa shape index (κ3) is 4.65. The highest BCUT2D eigenvalue weighted by atomic mass is 35.5. The Labute approximate surface area is 124 Å². The van der Waals surface area contributed by atoms with Gasteiger partial charge in [0.15, 0.2) is 0 Å². The van der Waals surface area contributed by atoms with Crippen LogP contribution in [0.25, 0.3) is 0 Å². The van der Waals surface area contributed by atoms with Crippen molar-refractivity contribution in [3.8, 4) is 5.75 Å². The summed E-state index contributed by atoms with van der Waals surface area (Å²) in [5, 5.41) is 5.98. The first-order chi connectivity index (χ1) is 9.16. The number of benzene rings is 1. The molecule has 20 heavy (non-hydrogen) atoms. The largest absolute Gasteiger partial charge is 0.492 e. The quantitative estimate of drug-likeness (QED) is 0.785. The Balaban J connectivity index is 0.00000200. The maximum atomic E-state index is 12.9. The van der Waals surface area contributed by atoms with Crippen molar-refractivity contribution in [3.63, 3.8) is 0 Å². The fourth-order valence-corrected chi connectivity index (χ4v) is 1.94. The molecule has 4 nitrogen and oxygen atoms in total. The van der Waals surface area contributed by atoms with Gasteiger partial charge in [-0.1, -0.05) is 13.0 Å². The molecule has 0 spiro atoms. The minimum atomic E-state index is -0.326. The van der Waals surface area contributed by atoms with Crippen molar-refractivity contribution in [2.75, 3.05) is 26.2 Å². The van der Waals surface area contributed by atoms with E-state index < -0.39 is 0 Å². The van der Waals surface area contributed by atoms with E-state index in [1.807, 2.05) is 6.92 Å². The molecule has 1 saturated heterocycles. The average Bonchev–Trinajstić information content (AvgIpc) is 2.32. The van der Waals surface area contributed by atoms with Crippen LogP contribution in [0.15, 0.2) is 24.3 Å². The zero-order valence-electron chi connectivity index (χ0n) is 11.4. The third-order valence-corrected chi connectivity index (χ3v) is 3.40. The van der Waals surface area contributed by atoms with Crippen molar-refractivity contribution < 1.29 is 13.9 Å². The summed E-state index contributed by atoms with van der Waals surface area (Å²) in [5.41, 5.74) is 0. The van der Waals surface area contributed by atoms with Gasteiger partial charge in [-0.2, -0.15) is 0 Å². The number of amides is 1. The van der Waals surface area contributed by atoms with Crippen LogP contribution in [0.1, 0.15) is 6.92 Å². The van der Waals surface area contributed by atoms with E-state index in [-0.39, 0.29) is 30.0 Å².